The molecule has 1 aliphatic carbocycles. The standard InChI is InChI=1S/C14H24N2O/c1-10(2)14-13(16-9-17-14)8-15-12-7-5-4-6-11(12)3/h9-12,15H,4-8H2,1-3H3. The molecule has 0 aliphatic heterocycles. The summed E-state index contributed by atoms with van der Waals surface area (Å²) >= 11 is 0. The lowest BCUT2D eigenvalue weighted by atomic mass is 9.86. The van der Waals surface area contributed by atoms with Crippen molar-refractivity contribution in [1.82, 2.24) is 10.3 Å². The zero-order valence-electron chi connectivity index (χ0n) is 11.2. The number of nitrogens with zero attached hydrogens (tertiary/aromatic N) is 1. The van der Waals surface area contributed by atoms with Crippen LogP contribution in [0.5, 0.6) is 0 Å². The summed E-state index contributed by atoms with van der Waals surface area (Å²) in [5.41, 5.74) is 1.08. The molecular formula is C14H24N2O. The minimum Gasteiger partial charge on any atom is -0.448 e. The summed E-state index contributed by atoms with van der Waals surface area (Å²) in [7, 11) is 0. The van der Waals surface area contributed by atoms with Crippen LogP contribution in [0.25, 0.3) is 0 Å². The fourth-order valence-corrected chi connectivity index (χ4v) is 2.73. The van der Waals surface area contributed by atoms with E-state index in [1.807, 2.05) is 0 Å². The van der Waals surface area contributed by atoms with Gasteiger partial charge in [-0.05, 0) is 18.8 Å². The van der Waals surface area contributed by atoms with Gasteiger partial charge in [-0.3, -0.25) is 0 Å². The Kier molecular flexibility index (Phi) is 4.21. The quantitative estimate of drug-likeness (QED) is 0.870. The molecule has 2 unspecified atom stereocenters. The van der Waals surface area contributed by atoms with E-state index < -0.39 is 0 Å². The van der Waals surface area contributed by atoms with Gasteiger partial charge in [-0.1, -0.05) is 33.6 Å². The molecule has 0 saturated heterocycles. The Morgan fingerprint density at radius 2 is 2.18 bits per heavy atom. The summed E-state index contributed by atoms with van der Waals surface area (Å²) in [6.45, 7) is 7.49. The molecule has 0 spiro atoms. The monoisotopic (exact) mass is 236 g/mol. The van der Waals surface area contributed by atoms with Crippen molar-refractivity contribution in [3.05, 3.63) is 17.8 Å². The molecule has 0 bridgehead atoms. The van der Waals surface area contributed by atoms with E-state index in [9.17, 15) is 0 Å². The molecule has 96 valence electrons. The number of oxazole rings is 1. The third-order valence-corrected chi connectivity index (χ3v) is 3.84. The molecule has 2 rings (SSSR count). The van der Waals surface area contributed by atoms with Gasteiger partial charge in [0.05, 0.1) is 5.69 Å². The van der Waals surface area contributed by atoms with Crippen molar-refractivity contribution in [2.45, 2.75) is 65.0 Å². The normalized spacial score (nSPS) is 25.4. The van der Waals surface area contributed by atoms with Gasteiger partial charge in [-0.15, -0.1) is 0 Å². The number of rotatable bonds is 4. The number of hydrogen-bond acceptors (Lipinski definition) is 3. The highest BCUT2D eigenvalue weighted by atomic mass is 16.3. The minimum atomic E-state index is 0.415. The second-order valence-electron chi connectivity index (χ2n) is 5.57. The molecule has 1 aliphatic rings. The van der Waals surface area contributed by atoms with E-state index >= 15 is 0 Å². The molecule has 3 nitrogen and oxygen atoms in total. The SMILES string of the molecule is CC(C)c1ocnc1CNC1CCCCC1C. The molecule has 17 heavy (non-hydrogen) atoms. The first-order chi connectivity index (χ1) is 8.18. The molecule has 0 amide bonds. The van der Waals surface area contributed by atoms with Crippen LogP contribution < -0.4 is 5.32 Å². The molecule has 1 saturated carbocycles. The van der Waals surface area contributed by atoms with Crippen LogP contribution in [-0.4, -0.2) is 11.0 Å². The summed E-state index contributed by atoms with van der Waals surface area (Å²) in [5.74, 6) is 2.23. The van der Waals surface area contributed by atoms with E-state index in [0.29, 0.717) is 12.0 Å². The smallest absolute Gasteiger partial charge is 0.181 e. The fraction of sp³-hybridized carbons (Fsp3) is 0.786. The topological polar surface area (TPSA) is 38.1 Å². The van der Waals surface area contributed by atoms with Crippen LogP contribution in [0.3, 0.4) is 0 Å². The molecular weight excluding hydrogens is 212 g/mol. The fourth-order valence-electron chi connectivity index (χ4n) is 2.73. The van der Waals surface area contributed by atoms with Gasteiger partial charge >= 0.3 is 0 Å². The van der Waals surface area contributed by atoms with Gasteiger partial charge in [-0.25, -0.2) is 4.98 Å². The van der Waals surface area contributed by atoms with E-state index in [4.69, 9.17) is 4.42 Å². The maximum absolute atomic E-state index is 5.44. The van der Waals surface area contributed by atoms with E-state index in [2.05, 4.69) is 31.1 Å². The Labute approximate surface area is 104 Å². The lowest BCUT2D eigenvalue weighted by Gasteiger charge is -2.29. The number of nitrogens with one attached hydrogen (secondary N) is 1. The predicted molar refractivity (Wildman–Crippen MR) is 68.9 cm³/mol. The molecule has 1 N–H and O–H groups in total. The van der Waals surface area contributed by atoms with Gasteiger partial charge in [0.2, 0.25) is 0 Å². The lowest BCUT2D eigenvalue weighted by molar-refractivity contribution is 0.278. The zero-order valence-corrected chi connectivity index (χ0v) is 11.2. The minimum absolute atomic E-state index is 0.415. The second kappa shape index (κ2) is 5.67. The van der Waals surface area contributed by atoms with Crippen molar-refractivity contribution in [1.29, 1.82) is 0 Å². The zero-order chi connectivity index (χ0) is 12.3. The molecule has 2 atom stereocenters. The first kappa shape index (κ1) is 12.6. The molecule has 1 aromatic rings. The Morgan fingerprint density at radius 3 is 2.88 bits per heavy atom. The predicted octanol–water partition coefficient (Wildman–Crippen LogP) is 3.47. The molecule has 0 aromatic carbocycles. The van der Waals surface area contributed by atoms with Crippen LogP contribution in [-0.2, 0) is 6.54 Å². The van der Waals surface area contributed by atoms with Crippen molar-refractivity contribution >= 4 is 0 Å². The van der Waals surface area contributed by atoms with E-state index in [1.54, 1.807) is 6.39 Å². The van der Waals surface area contributed by atoms with Crippen molar-refractivity contribution in [3.63, 3.8) is 0 Å². The highest BCUT2D eigenvalue weighted by Crippen LogP contribution is 2.24. The molecule has 1 heterocycles. The molecule has 1 aromatic heterocycles. The Morgan fingerprint density at radius 1 is 1.41 bits per heavy atom. The van der Waals surface area contributed by atoms with Crippen molar-refractivity contribution in [2.24, 2.45) is 5.92 Å². The van der Waals surface area contributed by atoms with Gasteiger partial charge < -0.3 is 9.73 Å². The first-order valence-corrected chi connectivity index (χ1v) is 6.84. The van der Waals surface area contributed by atoms with E-state index in [1.165, 1.54) is 25.7 Å². The number of aromatic nitrogens is 1. The van der Waals surface area contributed by atoms with Crippen LogP contribution >= 0.6 is 0 Å². The first-order valence-electron chi connectivity index (χ1n) is 6.84. The van der Waals surface area contributed by atoms with Crippen LogP contribution in [0.4, 0.5) is 0 Å². The van der Waals surface area contributed by atoms with Crippen LogP contribution in [0.2, 0.25) is 0 Å². The Bertz CT molecular complexity index is 346. The van der Waals surface area contributed by atoms with Crippen LogP contribution in [0.15, 0.2) is 10.8 Å². The van der Waals surface area contributed by atoms with Gasteiger partial charge in [-0.2, -0.15) is 0 Å². The van der Waals surface area contributed by atoms with Gasteiger partial charge in [0.15, 0.2) is 6.39 Å². The average Bonchev–Trinajstić information content (AvgIpc) is 2.76. The molecule has 0 radical (unpaired) electrons. The highest BCUT2D eigenvalue weighted by molar-refractivity contribution is 5.11. The summed E-state index contributed by atoms with van der Waals surface area (Å²) in [4.78, 5) is 4.32. The van der Waals surface area contributed by atoms with Crippen molar-refractivity contribution in [3.8, 4) is 0 Å². The van der Waals surface area contributed by atoms with E-state index in [-0.39, 0.29) is 0 Å². The Balaban J connectivity index is 1.90. The Hall–Kier alpha value is -0.830. The van der Waals surface area contributed by atoms with Gasteiger partial charge in [0.1, 0.15) is 5.76 Å². The third-order valence-electron chi connectivity index (χ3n) is 3.84. The number of hydrogen-bond donors (Lipinski definition) is 1. The maximum atomic E-state index is 5.44. The highest BCUT2D eigenvalue weighted by Gasteiger charge is 2.21. The van der Waals surface area contributed by atoms with Crippen molar-refractivity contribution in [2.75, 3.05) is 0 Å². The van der Waals surface area contributed by atoms with Crippen molar-refractivity contribution < 1.29 is 4.42 Å². The summed E-state index contributed by atoms with van der Waals surface area (Å²) < 4.78 is 5.44. The van der Waals surface area contributed by atoms with E-state index in [0.717, 1.165) is 23.9 Å². The summed E-state index contributed by atoms with van der Waals surface area (Å²) in [5, 5.41) is 3.65. The summed E-state index contributed by atoms with van der Waals surface area (Å²) in [6.07, 6.45) is 6.97. The third kappa shape index (κ3) is 3.09. The summed E-state index contributed by atoms with van der Waals surface area (Å²) in [6, 6.07) is 0.653. The molecule has 1 fully saturated rings. The van der Waals surface area contributed by atoms with Crippen LogP contribution in [0, 0.1) is 5.92 Å². The van der Waals surface area contributed by atoms with Gasteiger partial charge in [0, 0.05) is 18.5 Å². The van der Waals surface area contributed by atoms with Crippen LogP contribution in [0.1, 0.15) is 63.8 Å². The van der Waals surface area contributed by atoms with Gasteiger partial charge in [0.25, 0.3) is 0 Å². The average molecular weight is 236 g/mol. The lowest BCUT2D eigenvalue weighted by Crippen LogP contribution is -2.37. The largest absolute Gasteiger partial charge is 0.448 e. The molecule has 3 heteroatoms. The maximum Gasteiger partial charge on any atom is 0.181 e. The second-order valence-corrected chi connectivity index (χ2v) is 5.57.